The van der Waals surface area contributed by atoms with E-state index in [0.29, 0.717) is 6.61 Å². The van der Waals surface area contributed by atoms with Gasteiger partial charge in [-0.05, 0) is 6.42 Å². The van der Waals surface area contributed by atoms with Crippen molar-refractivity contribution in [2.45, 2.75) is 19.8 Å². The third kappa shape index (κ3) is 2.63. The van der Waals surface area contributed by atoms with E-state index in [1.54, 1.807) is 0 Å². The number of benzene rings is 1. The normalized spacial score (nSPS) is 13.3. The number of rotatable bonds is 4. The van der Waals surface area contributed by atoms with Crippen LogP contribution in [0.25, 0.3) is 0 Å². The minimum atomic E-state index is -0.865. The van der Waals surface area contributed by atoms with Crippen molar-refractivity contribution in [1.29, 1.82) is 0 Å². The Hall–Kier alpha value is 0.00494. The van der Waals surface area contributed by atoms with Crippen molar-refractivity contribution in [2.75, 3.05) is 6.61 Å². The summed E-state index contributed by atoms with van der Waals surface area (Å²) in [6.07, 6.45) is 1.92. The molecule has 0 saturated heterocycles. The van der Waals surface area contributed by atoms with Gasteiger partial charge in [0, 0.05) is 6.61 Å². The fourth-order valence-corrected chi connectivity index (χ4v) is 2.32. The van der Waals surface area contributed by atoms with E-state index >= 15 is 0 Å². The molecule has 0 bridgehead atoms. The van der Waals surface area contributed by atoms with Gasteiger partial charge in [0.15, 0.2) is 11.5 Å². The van der Waals surface area contributed by atoms with Crippen LogP contribution < -0.4 is 9.31 Å². The molecule has 0 spiro atoms. The maximum atomic E-state index is 6.01. The maximum absolute atomic E-state index is 6.01. The van der Waals surface area contributed by atoms with E-state index < -0.39 is 7.32 Å². The molecule has 98 valence electrons. The van der Waals surface area contributed by atoms with Crippen LogP contribution in [0.3, 0.4) is 0 Å². The Morgan fingerprint density at radius 2 is 1.44 bits per heavy atom. The van der Waals surface area contributed by atoms with E-state index in [2.05, 4.69) is 6.92 Å². The lowest BCUT2D eigenvalue weighted by Gasteiger charge is -2.06. The molecule has 0 atom stereocenters. The van der Waals surface area contributed by atoms with Crippen molar-refractivity contribution in [3.63, 3.8) is 0 Å². The molecule has 1 heterocycles. The molecular formula is C10H9BCl4O3. The molecule has 0 N–H and O–H groups in total. The van der Waals surface area contributed by atoms with Gasteiger partial charge in [-0.3, -0.25) is 0 Å². The molecular weight excluding hydrogens is 321 g/mol. The summed E-state index contributed by atoms with van der Waals surface area (Å²) in [5.74, 6) is 0.523. The Morgan fingerprint density at radius 1 is 0.944 bits per heavy atom. The molecule has 0 saturated carbocycles. The number of unbranched alkanes of at least 4 members (excludes halogenated alkanes) is 1. The molecule has 1 aromatic carbocycles. The quantitative estimate of drug-likeness (QED) is 0.341. The van der Waals surface area contributed by atoms with Gasteiger partial charge in [-0.2, -0.15) is 0 Å². The molecule has 1 aromatic rings. The van der Waals surface area contributed by atoms with Crippen LogP contribution in [-0.2, 0) is 4.65 Å². The average Bonchev–Trinajstić information content (AvgIpc) is 2.78. The lowest BCUT2D eigenvalue weighted by atomic mass is 10.2. The van der Waals surface area contributed by atoms with E-state index in [4.69, 9.17) is 60.4 Å². The fourth-order valence-electron chi connectivity index (χ4n) is 1.41. The van der Waals surface area contributed by atoms with Crippen LogP contribution in [-0.4, -0.2) is 13.9 Å². The summed E-state index contributed by atoms with van der Waals surface area (Å²) in [4.78, 5) is 0. The smallest absolute Gasteiger partial charge is 0.496 e. The molecule has 0 aromatic heterocycles. The first-order valence-electron chi connectivity index (χ1n) is 5.37. The summed E-state index contributed by atoms with van der Waals surface area (Å²) in [6.45, 7) is 2.58. The number of fused-ring (bicyclic) bond motifs is 1. The summed E-state index contributed by atoms with van der Waals surface area (Å²) in [7, 11) is -0.865. The molecule has 0 unspecified atom stereocenters. The third-order valence-electron chi connectivity index (χ3n) is 2.36. The molecule has 3 nitrogen and oxygen atoms in total. The van der Waals surface area contributed by atoms with Crippen molar-refractivity contribution in [2.24, 2.45) is 0 Å². The standard InChI is InChI=1S/C10H9BCl4O3/c1-2-3-4-16-11-17-9-7(14)5(12)6(13)8(15)10(9)18-11/h2-4H2,1H3. The van der Waals surface area contributed by atoms with Crippen LogP contribution in [0.1, 0.15) is 19.8 Å². The molecule has 1 aliphatic rings. The lowest BCUT2D eigenvalue weighted by molar-refractivity contribution is 0.218. The highest BCUT2D eigenvalue weighted by Crippen LogP contribution is 2.52. The van der Waals surface area contributed by atoms with Crippen molar-refractivity contribution in [3.05, 3.63) is 20.1 Å². The van der Waals surface area contributed by atoms with Crippen LogP contribution in [0.4, 0.5) is 0 Å². The monoisotopic (exact) mass is 328 g/mol. The largest absolute Gasteiger partial charge is 0.788 e. The molecule has 0 radical (unpaired) electrons. The number of hydrogen-bond acceptors (Lipinski definition) is 3. The van der Waals surface area contributed by atoms with E-state index in [1.807, 2.05) is 0 Å². The minimum Gasteiger partial charge on any atom is -0.496 e. The van der Waals surface area contributed by atoms with E-state index in [0.717, 1.165) is 12.8 Å². The summed E-state index contributed by atoms with van der Waals surface area (Å²) >= 11 is 23.8. The molecule has 1 aliphatic heterocycles. The first kappa shape index (κ1) is 14.4. The molecule has 18 heavy (non-hydrogen) atoms. The topological polar surface area (TPSA) is 27.7 Å². The first-order chi connectivity index (χ1) is 8.56. The van der Waals surface area contributed by atoms with Crippen molar-refractivity contribution in [3.8, 4) is 11.5 Å². The summed E-state index contributed by atoms with van der Waals surface area (Å²) < 4.78 is 16.2. The Bertz CT molecular complexity index is 432. The second kappa shape index (κ2) is 5.97. The predicted octanol–water partition coefficient (Wildman–Crippen LogP) is 4.87. The Balaban J connectivity index is 2.19. The maximum Gasteiger partial charge on any atom is 0.788 e. The highest BCUT2D eigenvalue weighted by Gasteiger charge is 2.40. The van der Waals surface area contributed by atoms with Crippen LogP contribution in [0.5, 0.6) is 11.5 Å². The highest BCUT2D eigenvalue weighted by molar-refractivity contribution is 6.54. The van der Waals surface area contributed by atoms with Crippen LogP contribution in [0.2, 0.25) is 20.1 Å². The molecule has 8 heteroatoms. The summed E-state index contributed by atoms with van der Waals surface area (Å²) in [5, 5.41) is 0.616. The number of hydrogen-bond donors (Lipinski definition) is 0. The second-order valence-corrected chi connectivity index (χ2v) is 5.17. The van der Waals surface area contributed by atoms with Gasteiger partial charge in [-0.15, -0.1) is 0 Å². The van der Waals surface area contributed by atoms with Crippen LogP contribution in [0, 0.1) is 0 Å². The second-order valence-electron chi connectivity index (χ2n) is 3.66. The predicted molar refractivity (Wildman–Crippen MR) is 74.4 cm³/mol. The zero-order valence-corrected chi connectivity index (χ0v) is 12.5. The summed E-state index contributed by atoms with van der Waals surface area (Å²) in [6, 6.07) is 0. The van der Waals surface area contributed by atoms with Gasteiger partial charge < -0.3 is 14.0 Å². The molecule has 0 aliphatic carbocycles. The third-order valence-corrected chi connectivity index (χ3v) is 4.13. The molecule has 2 rings (SSSR count). The van der Waals surface area contributed by atoms with Gasteiger partial charge in [-0.1, -0.05) is 59.7 Å². The van der Waals surface area contributed by atoms with Gasteiger partial charge in [0.25, 0.3) is 0 Å². The minimum absolute atomic E-state index is 0.139. The fraction of sp³-hybridized carbons (Fsp3) is 0.400. The van der Waals surface area contributed by atoms with E-state index in [-0.39, 0.29) is 31.6 Å². The van der Waals surface area contributed by atoms with Gasteiger partial charge in [-0.25, -0.2) is 0 Å². The Kier molecular flexibility index (Phi) is 4.78. The lowest BCUT2D eigenvalue weighted by Crippen LogP contribution is -2.29. The summed E-state index contributed by atoms with van der Waals surface area (Å²) in [5.41, 5.74) is 0. The molecule has 0 amide bonds. The SMILES string of the molecule is CCCCOB1Oc2c(Cl)c(Cl)c(Cl)c(Cl)c2O1. The Labute approximate surface area is 125 Å². The highest BCUT2D eigenvalue weighted by atomic mass is 35.5. The zero-order chi connectivity index (χ0) is 13.3. The number of halogens is 4. The average molecular weight is 330 g/mol. The van der Waals surface area contributed by atoms with E-state index in [9.17, 15) is 0 Å². The van der Waals surface area contributed by atoms with Crippen molar-refractivity contribution in [1.82, 2.24) is 0 Å². The van der Waals surface area contributed by atoms with Crippen LogP contribution in [0.15, 0.2) is 0 Å². The zero-order valence-electron chi connectivity index (χ0n) is 9.44. The van der Waals surface area contributed by atoms with Crippen molar-refractivity contribution < 1.29 is 14.0 Å². The van der Waals surface area contributed by atoms with Gasteiger partial charge in [0.2, 0.25) is 0 Å². The van der Waals surface area contributed by atoms with Crippen LogP contribution >= 0.6 is 46.4 Å². The van der Waals surface area contributed by atoms with Gasteiger partial charge >= 0.3 is 7.32 Å². The Morgan fingerprint density at radius 3 is 1.89 bits per heavy atom. The van der Waals surface area contributed by atoms with E-state index in [1.165, 1.54) is 0 Å². The van der Waals surface area contributed by atoms with Gasteiger partial charge in [0.05, 0.1) is 10.0 Å². The first-order valence-corrected chi connectivity index (χ1v) is 6.88. The van der Waals surface area contributed by atoms with Gasteiger partial charge in [0.1, 0.15) is 10.0 Å². The van der Waals surface area contributed by atoms with Crippen molar-refractivity contribution >= 4 is 53.7 Å². The molecule has 0 fully saturated rings.